The summed E-state index contributed by atoms with van der Waals surface area (Å²) in [5.74, 6) is 0.694. The molecule has 2 aromatic carbocycles. The molecule has 0 saturated carbocycles. The van der Waals surface area contributed by atoms with E-state index in [0.717, 1.165) is 0 Å². The lowest BCUT2D eigenvalue weighted by Crippen LogP contribution is -2.08. The van der Waals surface area contributed by atoms with E-state index in [1.54, 1.807) is 73.8 Å². The number of rotatable bonds is 6. The molecule has 0 heterocycles. The number of ketones is 1. The summed E-state index contributed by atoms with van der Waals surface area (Å²) < 4.78 is 17.1. The predicted molar refractivity (Wildman–Crippen MR) is 97.0 cm³/mol. The number of allylic oxidation sites excluding steroid dienone is 1. The highest BCUT2D eigenvalue weighted by atomic mass is 32.2. The number of hydrogen-bond donors (Lipinski definition) is 0. The summed E-state index contributed by atoms with van der Waals surface area (Å²) in [7, 11) is 2.45. The molecule has 0 aliphatic rings. The zero-order valence-electron chi connectivity index (χ0n) is 14.2. The number of nitriles is 1. The van der Waals surface area contributed by atoms with Gasteiger partial charge in [0, 0.05) is 47.8 Å². The van der Waals surface area contributed by atoms with Gasteiger partial charge < -0.3 is 9.64 Å². The summed E-state index contributed by atoms with van der Waals surface area (Å²) in [6.45, 7) is 0. The summed E-state index contributed by atoms with van der Waals surface area (Å²) in [4.78, 5) is 14.8. The molecule has 5 nitrogen and oxygen atoms in total. The van der Waals surface area contributed by atoms with Crippen molar-refractivity contribution in [3.05, 3.63) is 65.9 Å². The third-order valence-electron chi connectivity index (χ3n) is 3.24. The standard InChI is InChI=1S/C19H18N2O3S/c1-21(2)13-15(12-20)19(22)14-5-4-6-17(11-14)24-16-7-9-18(10-8-16)25(3)23/h4-11,13H,1-3H3. The van der Waals surface area contributed by atoms with Crippen molar-refractivity contribution in [3.63, 3.8) is 0 Å². The number of hydrogen-bond acceptors (Lipinski definition) is 5. The quantitative estimate of drug-likeness (QED) is 0.452. The first-order chi connectivity index (χ1) is 11.9. The maximum absolute atomic E-state index is 12.4. The topological polar surface area (TPSA) is 70.4 Å². The van der Waals surface area contributed by atoms with Crippen LogP contribution < -0.4 is 4.74 Å². The molecular weight excluding hydrogens is 336 g/mol. The number of nitrogens with zero attached hydrogens (tertiary/aromatic N) is 2. The first-order valence-corrected chi connectivity index (χ1v) is 9.01. The van der Waals surface area contributed by atoms with E-state index in [2.05, 4.69) is 0 Å². The van der Waals surface area contributed by atoms with Gasteiger partial charge in [-0.25, -0.2) is 0 Å². The molecule has 0 aromatic heterocycles. The highest BCUT2D eigenvalue weighted by Crippen LogP contribution is 2.24. The largest absolute Gasteiger partial charge is 0.457 e. The van der Waals surface area contributed by atoms with E-state index < -0.39 is 10.8 Å². The zero-order chi connectivity index (χ0) is 18.4. The minimum absolute atomic E-state index is 0.0527. The predicted octanol–water partition coefficient (Wildman–Crippen LogP) is 3.37. The van der Waals surface area contributed by atoms with Gasteiger partial charge in [0.1, 0.15) is 23.1 Å². The second-order valence-corrected chi connectivity index (χ2v) is 6.88. The van der Waals surface area contributed by atoms with Crippen LogP contribution >= 0.6 is 0 Å². The van der Waals surface area contributed by atoms with Gasteiger partial charge in [0.05, 0.1) is 0 Å². The fraction of sp³-hybridized carbons (Fsp3) is 0.158. The Kier molecular flexibility index (Phi) is 6.09. The molecule has 0 spiro atoms. The Balaban J connectivity index is 2.22. The molecule has 1 unspecified atom stereocenters. The Hall–Kier alpha value is -2.91. The van der Waals surface area contributed by atoms with Crippen molar-refractivity contribution in [1.29, 1.82) is 5.26 Å². The van der Waals surface area contributed by atoms with Crippen molar-refractivity contribution in [2.45, 2.75) is 4.90 Å². The van der Waals surface area contributed by atoms with Crippen LogP contribution in [0, 0.1) is 11.3 Å². The second-order valence-electron chi connectivity index (χ2n) is 5.50. The Labute approximate surface area is 149 Å². The van der Waals surface area contributed by atoms with E-state index in [1.807, 2.05) is 6.07 Å². The van der Waals surface area contributed by atoms with E-state index in [-0.39, 0.29) is 11.4 Å². The second kappa shape index (κ2) is 8.27. The third-order valence-corrected chi connectivity index (χ3v) is 4.18. The van der Waals surface area contributed by atoms with Gasteiger partial charge in [0.25, 0.3) is 0 Å². The molecule has 128 valence electrons. The molecule has 2 rings (SSSR count). The zero-order valence-corrected chi connectivity index (χ0v) is 15.0. The van der Waals surface area contributed by atoms with Crippen molar-refractivity contribution in [1.82, 2.24) is 4.90 Å². The summed E-state index contributed by atoms with van der Waals surface area (Å²) in [6.07, 6.45) is 3.10. The smallest absolute Gasteiger partial charge is 0.205 e. The number of Topliss-reactive ketones (excluding diaryl/α,β-unsaturated/α-hetero) is 1. The van der Waals surface area contributed by atoms with Crippen LogP contribution in [0.15, 0.2) is 65.2 Å². The van der Waals surface area contributed by atoms with Crippen LogP contribution in [0.5, 0.6) is 11.5 Å². The molecule has 0 fully saturated rings. The summed E-state index contributed by atoms with van der Waals surface area (Å²) >= 11 is 0. The van der Waals surface area contributed by atoms with E-state index >= 15 is 0 Å². The van der Waals surface area contributed by atoms with Crippen LogP contribution in [0.25, 0.3) is 0 Å². The molecule has 0 aliphatic heterocycles. The van der Waals surface area contributed by atoms with Gasteiger partial charge in [0.2, 0.25) is 5.78 Å². The number of carbonyl (C=O) groups is 1. The molecule has 0 N–H and O–H groups in total. The van der Waals surface area contributed by atoms with E-state index in [9.17, 15) is 9.00 Å². The summed E-state index contributed by atoms with van der Waals surface area (Å²) in [6, 6.07) is 15.5. The Morgan fingerprint density at radius 2 is 1.84 bits per heavy atom. The van der Waals surface area contributed by atoms with Gasteiger partial charge in [-0.2, -0.15) is 5.26 Å². The number of carbonyl (C=O) groups excluding carboxylic acids is 1. The Morgan fingerprint density at radius 1 is 1.16 bits per heavy atom. The van der Waals surface area contributed by atoms with Crippen LogP contribution in [0.3, 0.4) is 0 Å². The van der Waals surface area contributed by atoms with Crippen LogP contribution in [-0.2, 0) is 10.8 Å². The monoisotopic (exact) mass is 354 g/mol. The van der Waals surface area contributed by atoms with Crippen molar-refractivity contribution >= 4 is 16.6 Å². The van der Waals surface area contributed by atoms with E-state index in [0.29, 0.717) is 22.0 Å². The minimum Gasteiger partial charge on any atom is -0.457 e. The SMILES string of the molecule is CN(C)C=C(C#N)C(=O)c1cccc(Oc2ccc(S(C)=O)cc2)c1. The average Bonchev–Trinajstić information content (AvgIpc) is 2.59. The van der Waals surface area contributed by atoms with Gasteiger partial charge in [0.15, 0.2) is 0 Å². The highest BCUT2D eigenvalue weighted by molar-refractivity contribution is 7.84. The van der Waals surface area contributed by atoms with Gasteiger partial charge in [-0.15, -0.1) is 0 Å². The van der Waals surface area contributed by atoms with Crippen molar-refractivity contribution in [2.75, 3.05) is 20.4 Å². The lowest BCUT2D eigenvalue weighted by Gasteiger charge is -2.09. The maximum atomic E-state index is 12.4. The van der Waals surface area contributed by atoms with Crippen LogP contribution in [0.2, 0.25) is 0 Å². The van der Waals surface area contributed by atoms with Gasteiger partial charge >= 0.3 is 0 Å². The molecule has 1 atom stereocenters. The summed E-state index contributed by atoms with van der Waals surface area (Å²) in [5, 5.41) is 9.16. The molecular formula is C19H18N2O3S. The molecule has 0 bridgehead atoms. The summed E-state index contributed by atoms with van der Waals surface area (Å²) in [5.41, 5.74) is 0.426. The molecule has 6 heteroatoms. The minimum atomic E-state index is -1.05. The van der Waals surface area contributed by atoms with Crippen molar-refractivity contribution in [3.8, 4) is 17.6 Å². The van der Waals surface area contributed by atoms with Crippen LogP contribution in [-0.4, -0.2) is 35.2 Å². The van der Waals surface area contributed by atoms with Gasteiger partial charge in [-0.05, 0) is 36.4 Å². The van der Waals surface area contributed by atoms with Crippen LogP contribution in [0.1, 0.15) is 10.4 Å². The van der Waals surface area contributed by atoms with Crippen molar-refractivity contribution in [2.24, 2.45) is 0 Å². The van der Waals surface area contributed by atoms with E-state index in [4.69, 9.17) is 10.00 Å². The fourth-order valence-corrected chi connectivity index (χ4v) is 2.61. The molecule has 0 saturated heterocycles. The van der Waals surface area contributed by atoms with Gasteiger partial charge in [-0.1, -0.05) is 12.1 Å². The number of benzene rings is 2. The Bertz CT molecular complexity index is 865. The number of ether oxygens (including phenoxy) is 1. The fourth-order valence-electron chi connectivity index (χ4n) is 2.09. The third kappa shape index (κ3) is 5.03. The van der Waals surface area contributed by atoms with Gasteiger partial charge in [-0.3, -0.25) is 9.00 Å². The van der Waals surface area contributed by atoms with Crippen molar-refractivity contribution < 1.29 is 13.7 Å². The maximum Gasteiger partial charge on any atom is 0.205 e. The lowest BCUT2D eigenvalue weighted by molar-refractivity contribution is 0.103. The van der Waals surface area contributed by atoms with E-state index in [1.165, 1.54) is 6.20 Å². The molecule has 0 amide bonds. The molecule has 2 aromatic rings. The highest BCUT2D eigenvalue weighted by Gasteiger charge is 2.13. The normalized spacial score (nSPS) is 12.2. The van der Waals surface area contributed by atoms with Crippen LogP contribution in [0.4, 0.5) is 0 Å². The molecule has 25 heavy (non-hydrogen) atoms. The first-order valence-electron chi connectivity index (χ1n) is 7.45. The average molecular weight is 354 g/mol. The lowest BCUT2D eigenvalue weighted by atomic mass is 10.0. The Morgan fingerprint density at radius 3 is 2.40 bits per heavy atom. The molecule has 0 radical (unpaired) electrons. The molecule has 0 aliphatic carbocycles. The first kappa shape index (κ1) is 18.4.